The Balaban J connectivity index is 3.10. The molecule has 88 valence electrons. The van der Waals surface area contributed by atoms with Crippen LogP contribution in [0, 0.1) is 22.7 Å². The summed E-state index contributed by atoms with van der Waals surface area (Å²) >= 11 is 0. The number of nitrogens with zero attached hydrogens (tertiary/aromatic N) is 2. The molecule has 0 spiro atoms. The highest BCUT2D eigenvalue weighted by molar-refractivity contribution is 5.46. The number of hydrogen-bond acceptors (Lipinski definition) is 4. The summed E-state index contributed by atoms with van der Waals surface area (Å²) in [6.07, 6.45) is 0. The minimum Gasteiger partial charge on any atom is -0.490 e. The molecule has 0 bridgehead atoms. The van der Waals surface area contributed by atoms with Crippen LogP contribution in [0.5, 0.6) is 11.5 Å². The molecule has 0 aliphatic rings. The fourth-order valence-electron chi connectivity index (χ4n) is 1.43. The van der Waals surface area contributed by atoms with Gasteiger partial charge in [-0.3, -0.25) is 0 Å². The zero-order valence-corrected chi connectivity index (χ0v) is 9.93. The fourth-order valence-corrected chi connectivity index (χ4v) is 1.43. The number of rotatable bonds is 5. The van der Waals surface area contributed by atoms with Gasteiger partial charge in [0, 0.05) is 0 Å². The van der Waals surface area contributed by atoms with Crippen LogP contribution in [0.25, 0.3) is 0 Å². The fraction of sp³-hybridized carbons (Fsp3) is 0.385. The molecule has 0 unspecified atom stereocenters. The molecule has 0 saturated heterocycles. The van der Waals surface area contributed by atoms with Gasteiger partial charge in [-0.2, -0.15) is 10.5 Å². The summed E-state index contributed by atoms with van der Waals surface area (Å²) in [4.78, 5) is 0. The van der Waals surface area contributed by atoms with Crippen LogP contribution in [-0.2, 0) is 0 Å². The Hall–Kier alpha value is -2.20. The summed E-state index contributed by atoms with van der Waals surface area (Å²) in [7, 11) is 0. The molecule has 17 heavy (non-hydrogen) atoms. The molecule has 0 N–H and O–H groups in total. The Morgan fingerprint density at radius 1 is 1.06 bits per heavy atom. The molecule has 0 aromatic heterocycles. The van der Waals surface area contributed by atoms with Gasteiger partial charge in [0.1, 0.15) is 0 Å². The molecule has 1 aromatic rings. The van der Waals surface area contributed by atoms with Crippen molar-refractivity contribution < 1.29 is 9.47 Å². The molecule has 0 amide bonds. The van der Waals surface area contributed by atoms with Crippen LogP contribution < -0.4 is 9.47 Å². The van der Waals surface area contributed by atoms with Gasteiger partial charge >= 0.3 is 0 Å². The average Bonchev–Trinajstić information content (AvgIpc) is 2.34. The van der Waals surface area contributed by atoms with Crippen LogP contribution in [0.2, 0.25) is 0 Å². The maximum absolute atomic E-state index is 8.83. The van der Waals surface area contributed by atoms with E-state index in [-0.39, 0.29) is 0 Å². The number of hydrogen-bond donors (Lipinski definition) is 0. The minimum absolute atomic E-state index is 0.507. The Bertz CT molecular complexity index is 443. The van der Waals surface area contributed by atoms with E-state index < -0.39 is 5.92 Å². The Morgan fingerprint density at radius 3 is 2.18 bits per heavy atom. The first-order chi connectivity index (χ1) is 8.26. The average molecular weight is 230 g/mol. The highest BCUT2D eigenvalue weighted by atomic mass is 16.5. The first kappa shape index (κ1) is 12.9. The zero-order valence-electron chi connectivity index (χ0n) is 9.93. The standard InChI is InChI=1S/C13H14N2O2/c1-3-16-12-6-5-10(11(8-14)9-15)7-13(12)17-4-2/h5-7,11H,3-4H2,1-2H3. The van der Waals surface area contributed by atoms with E-state index in [4.69, 9.17) is 20.0 Å². The minimum atomic E-state index is -0.773. The van der Waals surface area contributed by atoms with Crippen LogP contribution >= 0.6 is 0 Å². The Morgan fingerprint density at radius 2 is 1.65 bits per heavy atom. The van der Waals surface area contributed by atoms with Crippen molar-refractivity contribution >= 4 is 0 Å². The van der Waals surface area contributed by atoms with Gasteiger partial charge in [0.2, 0.25) is 0 Å². The quantitative estimate of drug-likeness (QED) is 0.779. The molecule has 0 aliphatic carbocycles. The second kappa shape index (κ2) is 6.40. The topological polar surface area (TPSA) is 66.0 Å². The third-order valence-electron chi connectivity index (χ3n) is 2.16. The largest absolute Gasteiger partial charge is 0.490 e. The molecule has 0 fully saturated rings. The van der Waals surface area contributed by atoms with Gasteiger partial charge in [-0.1, -0.05) is 6.07 Å². The molecule has 1 rings (SSSR count). The van der Waals surface area contributed by atoms with Crippen LogP contribution in [0.15, 0.2) is 18.2 Å². The first-order valence-electron chi connectivity index (χ1n) is 5.45. The number of nitriles is 2. The number of ether oxygens (including phenoxy) is 2. The van der Waals surface area contributed by atoms with E-state index in [9.17, 15) is 0 Å². The van der Waals surface area contributed by atoms with Gasteiger partial charge in [-0.15, -0.1) is 0 Å². The van der Waals surface area contributed by atoms with Crippen molar-refractivity contribution in [1.29, 1.82) is 10.5 Å². The summed E-state index contributed by atoms with van der Waals surface area (Å²) in [6.45, 7) is 4.80. The van der Waals surface area contributed by atoms with E-state index in [1.165, 1.54) is 0 Å². The summed E-state index contributed by atoms with van der Waals surface area (Å²) in [5.41, 5.74) is 0.627. The first-order valence-corrected chi connectivity index (χ1v) is 5.45. The normalized spacial score (nSPS) is 9.47. The zero-order chi connectivity index (χ0) is 12.7. The Kier molecular flexibility index (Phi) is 4.84. The molecule has 0 radical (unpaired) electrons. The van der Waals surface area contributed by atoms with E-state index in [1.807, 2.05) is 26.0 Å². The number of benzene rings is 1. The summed E-state index contributed by atoms with van der Waals surface area (Å²) < 4.78 is 10.8. The van der Waals surface area contributed by atoms with Gasteiger partial charge in [-0.25, -0.2) is 0 Å². The Labute approximate surface area is 101 Å². The molecule has 1 aromatic carbocycles. The van der Waals surface area contributed by atoms with Gasteiger partial charge in [0.05, 0.1) is 25.4 Å². The maximum atomic E-state index is 8.83. The van der Waals surface area contributed by atoms with Crippen LogP contribution in [0.3, 0.4) is 0 Å². The maximum Gasteiger partial charge on any atom is 0.161 e. The lowest BCUT2D eigenvalue weighted by molar-refractivity contribution is 0.287. The lowest BCUT2D eigenvalue weighted by Crippen LogP contribution is -2.00. The van der Waals surface area contributed by atoms with E-state index in [1.54, 1.807) is 18.2 Å². The summed E-state index contributed by atoms with van der Waals surface area (Å²) in [5.74, 6) is 0.431. The second-order valence-electron chi connectivity index (χ2n) is 3.26. The molecule has 0 heterocycles. The predicted molar refractivity (Wildman–Crippen MR) is 62.7 cm³/mol. The molecule has 4 nitrogen and oxygen atoms in total. The van der Waals surface area contributed by atoms with Crippen molar-refractivity contribution in [2.45, 2.75) is 19.8 Å². The molecule has 0 atom stereocenters. The van der Waals surface area contributed by atoms with Crippen LogP contribution in [0.1, 0.15) is 25.3 Å². The lowest BCUT2D eigenvalue weighted by atomic mass is 10.0. The van der Waals surface area contributed by atoms with Gasteiger partial charge in [0.25, 0.3) is 0 Å². The second-order valence-corrected chi connectivity index (χ2v) is 3.26. The van der Waals surface area contributed by atoms with Crippen molar-refractivity contribution in [3.8, 4) is 23.6 Å². The summed E-state index contributed by atoms with van der Waals surface area (Å²) in [5, 5.41) is 17.7. The van der Waals surface area contributed by atoms with E-state index >= 15 is 0 Å². The van der Waals surface area contributed by atoms with Crippen molar-refractivity contribution in [3.63, 3.8) is 0 Å². The van der Waals surface area contributed by atoms with E-state index in [0.29, 0.717) is 30.3 Å². The monoisotopic (exact) mass is 230 g/mol. The van der Waals surface area contributed by atoms with Gasteiger partial charge in [-0.05, 0) is 31.5 Å². The van der Waals surface area contributed by atoms with Crippen molar-refractivity contribution in [2.24, 2.45) is 0 Å². The lowest BCUT2D eigenvalue weighted by Gasteiger charge is -2.12. The SMILES string of the molecule is CCOc1ccc(C(C#N)C#N)cc1OCC. The van der Waals surface area contributed by atoms with Gasteiger partial charge in [0.15, 0.2) is 17.4 Å². The molecule has 0 saturated carbocycles. The molecular weight excluding hydrogens is 216 g/mol. The van der Waals surface area contributed by atoms with Crippen LogP contribution in [-0.4, -0.2) is 13.2 Å². The molecule has 4 heteroatoms. The third-order valence-corrected chi connectivity index (χ3v) is 2.16. The highest BCUT2D eigenvalue weighted by Gasteiger charge is 2.13. The van der Waals surface area contributed by atoms with Gasteiger partial charge < -0.3 is 9.47 Å². The van der Waals surface area contributed by atoms with Crippen molar-refractivity contribution in [3.05, 3.63) is 23.8 Å². The van der Waals surface area contributed by atoms with Crippen LogP contribution in [0.4, 0.5) is 0 Å². The van der Waals surface area contributed by atoms with E-state index in [2.05, 4.69) is 0 Å². The smallest absolute Gasteiger partial charge is 0.161 e. The third kappa shape index (κ3) is 3.12. The molecule has 0 aliphatic heterocycles. The van der Waals surface area contributed by atoms with E-state index in [0.717, 1.165) is 0 Å². The van der Waals surface area contributed by atoms with Crippen molar-refractivity contribution in [1.82, 2.24) is 0 Å². The van der Waals surface area contributed by atoms with Crippen molar-refractivity contribution in [2.75, 3.05) is 13.2 Å². The predicted octanol–water partition coefficient (Wildman–Crippen LogP) is 2.61. The summed E-state index contributed by atoms with van der Waals surface area (Å²) in [6, 6.07) is 8.99. The highest BCUT2D eigenvalue weighted by Crippen LogP contribution is 2.31. The molecular formula is C13H14N2O2.